The van der Waals surface area contributed by atoms with Gasteiger partial charge in [0.15, 0.2) is 0 Å². The number of thiophene rings is 2. The van der Waals surface area contributed by atoms with Crippen LogP contribution in [0.3, 0.4) is 0 Å². The van der Waals surface area contributed by atoms with E-state index in [1.54, 1.807) is 22.7 Å². The van der Waals surface area contributed by atoms with Crippen LogP contribution in [0.4, 0.5) is 0 Å². The molecule has 0 aliphatic rings. The lowest BCUT2D eigenvalue weighted by molar-refractivity contribution is 1.57. The summed E-state index contributed by atoms with van der Waals surface area (Å²) < 4.78 is 2.27. The van der Waals surface area contributed by atoms with Crippen LogP contribution in [0.15, 0.2) is 129 Å². The summed E-state index contributed by atoms with van der Waals surface area (Å²) in [6.07, 6.45) is 9.00. The summed E-state index contributed by atoms with van der Waals surface area (Å²) in [6, 6.07) is 43.8. The molecule has 7 aromatic rings. The predicted molar refractivity (Wildman–Crippen MR) is 194 cm³/mol. The SMILES string of the molecule is Brc1ccc(/C=C/c2cc(-c3cccc4ccccc34)c(/C=C/c3ccc(Br)s3)cc2-c2cccc3ccccc23)s1. The van der Waals surface area contributed by atoms with E-state index < -0.39 is 0 Å². The van der Waals surface area contributed by atoms with Crippen LogP contribution in [0.1, 0.15) is 20.9 Å². The van der Waals surface area contributed by atoms with Crippen LogP contribution < -0.4 is 0 Å². The summed E-state index contributed by atoms with van der Waals surface area (Å²) in [6.45, 7) is 0. The standard InChI is InChI=1S/C38H24Br2S2/c39-37-21-19-29(41-37)17-15-27-24-36(34-14-6-10-26-8-2-4-12-32(26)34)28(16-18-30-20-22-38(40)42-30)23-35(27)33-13-5-9-25-7-1-3-11-31(25)33/h1-24H/b17-15+,18-16+. The van der Waals surface area contributed by atoms with Gasteiger partial charge in [-0.25, -0.2) is 0 Å². The Morgan fingerprint density at radius 3 is 1.26 bits per heavy atom. The van der Waals surface area contributed by atoms with Gasteiger partial charge in [-0.2, -0.15) is 0 Å². The Bertz CT molecular complexity index is 1960. The molecule has 5 aromatic carbocycles. The Labute approximate surface area is 270 Å². The normalized spacial score (nSPS) is 11.9. The van der Waals surface area contributed by atoms with Crippen molar-refractivity contribution in [3.05, 3.63) is 150 Å². The molecule has 0 spiro atoms. The first-order valence-electron chi connectivity index (χ1n) is 13.6. The van der Waals surface area contributed by atoms with Crippen LogP contribution >= 0.6 is 54.5 Å². The lowest BCUT2D eigenvalue weighted by Gasteiger charge is -2.17. The minimum Gasteiger partial charge on any atom is -0.129 e. The lowest BCUT2D eigenvalue weighted by Crippen LogP contribution is -1.92. The molecule has 42 heavy (non-hydrogen) atoms. The number of benzene rings is 5. The third-order valence-electron chi connectivity index (χ3n) is 7.42. The maximum Gasteiger partial charge on any atom is 0.0704 e. The molecular formula is C38H24Br2S2. The van der Waals surface area contributed by atoms with Gasteiger partial charge in [0.1, 0.15) is 0 Å². The number of fused-ring (bicyclic) bond motifs is 2. The molecule has 0 aliphatic carbocycles. The Hall–Kier alpha value is -3.54. The van der Waals surface area contributed by atoms with Crippen LogP contribution in [-0.4, -0.2) is 0 Å². The predicted octanol–water partition coefficient (Wildman–Crippen LogP) is 13.3. The van der Waals surface area contributed by atoms with E-state index in [1.807, 2.05) is 0 Å². The lowest BCUT2D eigenvalue weighted by atomic mass is 9.87. The van der Waals surface area contributed by atoms with E-state index in [-0.39, 0.29) is 0 Å². The summed E-state index contributed by atoms with van der Waals surface area (Å²) in [5, 5.41) is 4.99. The van der Waals surface area contributed by atoms with Crippen molar-refractivity contribution in [3.63, 3.8) is 0 Å². The molecule has 7 rings (SSSR count). The first-order chi connectivity index (χ1) is 20.6. The van der Waals surface area contributed by atoms with Gasteiger partial charge in [-0.3, -0.25) is 0 Å². The molecule has 0 radical (unpaired) electrons. The van der Waals surface area contributed by atoms with Crippen molar-refractivity contribution in [3.8, 4) is 22.3 Å². The van der Waals surface area contributed by atoms with Gasteiger partial charge in [-0.05, 0) is 135 Å². The Morgan fingerprint density at radius 2 is 0.833 bits per heavy atom. The number of hydrogen-bond donors (Lipinski definition) is 0. The topological polar surface area (TPSA) is 0 Å². The Kier molecular flexibility index (Phi) is 7.79. The summed E-state index contributed by atoms with van der Waals surface area (Å²) in [4.78, 5) is 2.43. The van der Waals surface area contributed by atoms with E-state index in [4.69, 9.17) is 0 Å². The highest BCUT2D eigenvalue weighted by Gasteiger charge is 2.15. The molecule has 2 heterocycles. The van der Waals surface area contributed by atoms with Crippen molar-refractivity contribution in [1.82, 2.24) is 0 Å². The van der Waals surface area contributed by atoms with Crippen molar-refractivity contribution >= 4 is 100 Å². The van der Waals surface area contributed by atoms with Crippen LogP contribution in [0.25, 0.3) is 68.1 Å². The fourth-order valence-corrected chi connectivity index (χ4v) is 8.13. The molecule has 0 saturated carbocycles. The molecule has 0 saturated heterocycles. The monoisotopic (exact) mass is 702 g/mol. The zero-order valence-electron chi connectivity index (χ0n) is 22.4. The summed E-state index contributed by atoms with van der Waals surface area (Å²) in [5.41, 5.74) is 7.28. The number of rotatable bonds is 6. The van der Waals surface area contributed by atoms with E-state index in [0.29, 0.717) is 0 Å². The zero-order chi connectivity index (χ0) is 28.5. The first-order valence-corrected chi connectivity index (χ1v) is 16.9. The third kappa shape index (κ3) is 5.60. The fourth-order valence-electron chi connectivity index (χ4n) is 5.48. The zero-order valence-corrected chi connectivity index (χ0v) is 27.2. The summed E-state index contributed by atoms with van der Waals surface area (Å²) in [7, 11) is 0. The van der Waals surface area contributed by atoms with E-state index in [9.17, 15) is 0 Å². The van der Waals surface area contributed by atoms with Gasteiger partial charge >= 0.3 is 0 Å². The highest BCUT2D eigenvalue weighted by Crippen LogP contribution is 2.40. The van der Waals surface area contributed by atoms with Crippen molar-refractivity contribution in [2.24, 2.45) is 0 Å². The molecule has 4 heteroatoms. The molecule has 0 nitrogen and oxygen atoms in total. The van der Waals surface area contributed by atoms with E-state index in [2.05, 4.69) is 177 Å². The largest absolute Gasteiger partial charge is 0.129 e. The number of halogens is 2. The second kappa shape index (κ2) is 12.0. The van der Waals surface area contributed by atoms with Gasteiger partial charge in [0, 0.05) is 9.75 Å². The average Bonchev–Trinajstić information content (AvgIpc) is 3.65. The smallest absolute Gasteiger partial charge is 0.0704 e. The van der Waals surface area contributed by atoms with Gasteiger partial charge in [0.2, 0.25) is 0 Å². The van der Waals surface area contributed by atoms with Gasteiger partial charge in [0.05, 0.1) is 7.57 Å². The minimum atomic E-state index is 1.13. The molecule has 0 bridgehead atoms. The number of hydrogen-bond acceptors (Lipinski definition) is 2. The molecule has 0 N–H and O–H groups in total. The molecule has 0 fully saturated rings. The van der Waals surface area contributed by atoms with Gasteiger partial charge in [-0.1, -0.05) is 97.1 Å². The van der Waals surface area contributed by atoms with Gasteiger partial charge in [0.25, 0.3) is 0 Å². The van der Waals surface area contributed by atoms with Crippen LogP contribution in [0.5, 0.6) is 0 Å². The van der Waals surface area contributed by atoms with Crippen molar-refractivity contribution < 1.29 is 0 Å². The molecule has 0 atom stereocenters. The van der Waals surface area contributed by atoms with Gasteiger partial charge in [-0.15, -0.1) is 22.7 Å². The molecule has 2 aromatic heterocycles. The maximum atomic E-state index is 3.62. The highest BCUT2D eigenvalue weighted by molar-refractivity contribution is 9.11. The molecule has 0 aliphatic heterocycles. The molecule has 0 amide bonds. The fraction of sp³-hybridized carbons (Fsp3) is 0. The molecule has 202 valence electrons. The quantitative estimate of drug-likeness (QED) is 0.162. The highest BCUT2D eigenvalue weighted by atomic mass is 79.9. The van der Waals surface area contributed by atoms with E-state index in [1.165, 1.54) is 64.7 Å². The van der Waals surface area contributed by atoms with Crippen molar-refractivity contribution in [2.45, 2.75) is 0 Å². The summed E-state index contributed by atoms with van der Waals surface area (Å²) >= 11 is 10.7. The second-order valence-corrected chi connectivity index (χ2v) is 15.0. The Morgan fingerprint density at radius 1 is 0.405 bits per heavy atom. The van der Waals surface area contributed by atoms with E-state index in [0.717, 1.165) is 7.57 Å². The van der Waals surface area contributed by atoms with Crippen molar-refractivity contribution in [2.75, 3.05) is 0 Å². The molecule has 0 unspecified atom stereocenters. The summed E-state index contributed by atoms with van der Waals surface area (Å²) in [5.74, 6) is 0. The molecular weight excluding hydrogens is 680 g/mol. The Balaban J connectivity index is 1.51. The second-order valence-electron chi connectivity index (χ2n) is 10.0. The van der Waals surface area contributed by atoms with Crippen molar-refractivity contribution in [1.29, 1.82) is 0 Å². The first kappa shape index (κ1) is 27.3. The van der Waals surface area contributed by atoms with Crippen LogP contribution in [0, 0.1) is 0 Å². The van der Waals surface area contributed by atoms with Crippen LogP contribution in [0.2, 0.25) is 0 Å². The maximum absolute atomic E-state index is 3.62. The van der Waals surface area contributed by atoms with E-state index >= 15 is 0 Å². The minimum absolute atomic E-state index is 1.13. The van der Waals surface area contributed by atoms with Crippen LogP contribution in [-0.2, 0) is 0 Å². The van der Waals surface area contributed by atoms with Gasteiger partial charge < -0.3 is 0 Å². The third-order valence-corrected chi connectivity index (χ3v) is 10.6. The average molecular weight is 705 g/mol.